The van der Waals surface area contributed by atoms with Crippen LogP contribution in [0.5, 0.6) is 0 Å². The standard InChI is InChI=1S/C52H34F3N3/c1-32-13-3-5-15-37(32)34-23-25-42-40-18-8-11-21-46(40)57(48(42)27-34)50-29-36(39-17-7-10-20-45(39)52(53,54)55)30-51(44(50)31-56)58-47-22-12-9-19-41(47)43-26-24-35(28-49(43)58)38-16-6-4-14-33(38)2/h3-30H,1-2H3. The number of hydrogen-bond acceptors (Lipinski definition) is 1. The molecule has 10 aromatic rings. The summed E-state index contributed by atoms with van der Waals surface area (Å²) in [5.74, 6) is 0. The quantitative estimate of drug-likeness (QED) is 0.172. The predicted molar refractivity (Wildman–Crippen MR) is 231 cm³/mol. The van der Waals surface area contributed by atoms with Gasteiger partial charge in [0.15, 0.2) is 0 Å². The van der Waals surface area contributed by atoms with Crippen LogP contribution in [0.1, 0.15) is 22.3 Å². The fourth-order valence-corrected chi connectivity index (χ4v) is 8.81. The number of alkyl halides is 3. The van der Waals surface area contributed by atoms with Crippen molar-refractivity contribution >= 4 is 43.6 Å². The number of aryl methyl sites for hydroxylation is 2. The molecule has 278 valence electrons. The van der Waals surface area contributed by atoms with E-state index in [9.17, 15) is 18.4 Å². The van der Waals surface area contributed by atoms with Gasteiger partial charge >= 0.3 is 6.18 Å². The third kappa shape index (κ3) is 5.50. The molecule has 0 radical (unpaired) electrons. The van der Waals surface area contributed by atoms with Crippen molar-refractivity contribution in [2.75, 3.05) is 0 Å². The van der Waals surface area contributed by atoms with Crippen molar-refractivity contribution in [3.8, 4) is 50.8 Å². The van der Waals surface area contributed by atoms with Crippen LogP contribution < -0.4 is 0 Å². The van der Waals surface area contributed by atoms with Crippen LogP contribution >= 0.6 is 0 Å². The molecule has 10 rings (SSSR count). The number of para-hydroxylation sites is 2. The van der Waals surface area contributed by atoms with E-state index in [1.54, 1.807) is 18.2 Å². The normalized spacial score (nSPS) is 11.9. The average Bonchev–Trinajstić information content (AvgIpc) is 3.75. The average molecular weight is 758 g/mol. The summed E-state index contributed by atoms with van der Waals surface area (Å²) in [6, 6.07) is 56.8. The first kappa shape index (κ1) is 35.1. The van der Waals surface area contributed by atoms with Crippen LogP contribution in [0.25, 0.3) is 88.4 Å². The van der Waals surface area contributed by atoms with Gasteiger partial charge in [-0.1, -0.05) is 127 Å². The van der Waals surface area contributed by atoms with Gasteiger partial charge in [0, 0.05) is 21.5 Å². The predicted octanol–water partition coefficient (Wildman–Crippen LogP) is 14.4. The summed E-state index contributed by atoms with van der Waals surface area (Å²) in [6.45, 7) is 4.15. The molecule has 58 heavy (non-hydrogen) atoms. The van der Waals surface area contributed by atoms with Crippen LogP contribution in [0.2, 0.25) is 0 Å². The summed E-state index contributed by atoms with van der Waals surface area (Å²) < 4.78 is 48.7. The second kappa shape index (κ2) is 13.4. The molecule has 0 atom stereocenters. The Morgan fingerprint density at radius 1 is 0.431 bits per heavy atom. The minimum atomic E-state index is -4.62. The third-order valence-electron chi connectivity index (χ3n) is 11.5. The molecule has 0 aliphatic heterocycles. The molecule has 3 nitrogen and oxygen atoms in total. The Hall–Kier alpha value is -7.36. The molecule has 0 saturated carbocycles. The highest BCUT2D eigenvalue weighted by atomic mass is 19.4. The number of nitrogens with zero attached hydrogens (tertiary/aromatic N) is 3. The lowest BCUT2D eigenvalue weighted by Gasteiger charge is -2.20. The summed E-state index contributed by atoms with van der Waals surface area (Å²) in [5.41, 5.74) is 10.7. The fraction of sp³-hybridized carbons (Fsp3) is 0.0577. The van der Waals surface area contributed by atoms with Crippen molar-refractivity contribution in [2.45, 2.75) is 20.0 Å². The Kier molecular flexibility index (Phi) is 8.10. The topological polar surface area (TPSA) is 33.6 Å². The van der Waals surface area contributed by atoms with Gasteiger partial charge in [-0.15, -0.1) is 0 Å². The molecule has 0 saturated heterocycles. The largest absolute Gasteiger partial charge is 0.417 e. The van der Waals surface area contributed by atoms with Crippen LogP contribution in [0.3, 0.4) is 0 Å². The highest BCUT2D eigenvalue weighted by Gasteiger charge is 2.34. The Labute approximate surface area is 333 Å². The molecule has 2 heterocycles. The van der Waals surface area contributed by atoms with Crippen molar-refractivity contribution < 1.29 is 13.2 Å². The van der Waals surface area contributed by atoms with Crippen LogP contribution in [0.15, 0.2) is 170 Å². The number of fused-ring (bicyclic) bond motifs is 6. The second-order valence-corrected chi connectivity index (χ2v) is 14.8. The lowest BCUT2D eigenvalue weighted by Crippen LogP contribution is -2.09. The summed E-state index contributed by atoms with van der Waals surface area (Å²) in [4.78, 5) is 0. The maximum atomic E-state index is 14.9. The molecule has 2 aromatic heterocycles. The maximum Gasteiger partial charge on any atom is 0.417 e. The molecule has 0 aliphatic rings. The first-order valence-corrected chi connectivity index (χ1v) is 19.1. The van der Waals surface area contributed by atoms with Crippen LogP contribution in [-0.2, 0) is 6.18 Å². The second-order valence-electron chi connectivity index (χ2n) is 14.8. The number of nitriles is 1. The number of aromatic nitrogens is 2. The SMILES string of the molecule is Cc1ccccc1-c1ccc2c3ccccc3n(-c3cc(-c4ccccc4C(F)(F)F)cc(-n4c5ccccc5c5ccc(-c6ccccc6C)cc54)c3C#N)c2c1. The molecule has 0 bridgehead atoms. The van der Waals surface area contributed by atoms with Gasteiger partial charge in [0.1, 0.15) is 11.6 Å². The monoisotopic (exact) mass is 757 g/mol. The molecule has 0 spiro atoms. The van der Waals surface area contributed by atoms with Gasteiger partial charge in [-0.2, -0.15) is 18.4 Å². The molecule has 0 amide bonds. The van der Waals surface area contributed by atoms with Crippen molar-refractivity contribution in [1.29, 1.82) is 5.26 Å². The van der Waals surface area contributed by atoms with Gasteiger partial charge in [0.05, 0.1) is 39.0 Å². The minimum absolute atomic E-state index is 0.0322. The number of hydrogen-bond donors (Lipinski definition) is 0. The van der Waals surface area contributed by atoms with E-state index in [4.69, 9.17) is 0 Å². The fourth-order valence-electron chi connectivity index (χ4n) is 8.81. The van der Waals surface area contributed by atoms with Gasteiger partial charge in [-0.25, -0.2) is 0 Å². The molecule has 0 N–H and O–H groups in total. The van der Waals surface area contributed by atoms with Crippen molar-refractivity contribution in [1.82, 2.24) is 9.13 Å². The van der Waals surface area contributed by atoms with Crippen LogP contribution in [0, 0.1) is 25.2 Å². The van der Waals surface area contributed by atoms with Gasteiger partial charge in [0.2, 0.25) is 0 Å². The summed E-state index contributed by atoms with van der Waals surface area (Å²) in [6.07, 6.45) is -4.62. The Balaban J connectivity index is 1.37. The highest BCUT2D eigenvalue weighted by molar-refractivity contribution is 6.12. The Morgan fingerprint density at radius 3 is 1.31 bits per heavy atom. The third-order valence-corrected chi connectivity index (χ3v) is 11.5. The van der Waals surface area contributed by atoms with Crippen molar-refractivity contribution in [3.63, 3.8) is 0 Å². The van der Waals surface area contributed by atoms with E-state index < -0.39 is 11.7 Å². The van der Waals surface area contributed by atoms with E-state index in [1.807, 2.05) is 60.7 Å². The number of halogens is 3. The summed E-state index contributed by atoms with van der Waals surface area (Å²) in [7, 11) is 0. The molecule has 0 fully saturated rings. The van der Waals surface area contributed by atoms with E-state index in [2.05, 4.69) is 102 Å². The Morgan fingerprint density at radius 2 is 0.845 bits per heavy atom. The first-order chi connectivity index (χ1) is 28.2. The van der Waals surface area contributed by atoms with Gasteiger partial charge < -0.3 is 9.13 Å². The maximum absolute atomic E-state index is 14.9. The van der Waals surface area contributed by atoms with E-state index in [0.29, 0.717) is 22.5 Å². The molecule has 0 unspecified atom stereocenters. The van der Waals surface area contributed by atoms with Gasteiger partial charge in [0.25, 0.3) is 0 Å². The molecular weight excluding hydrogens is 724 g/mol. The highest BCUT2D eigenvalue weighted by Crippen LogP contribution is 2.44. The molecule has 6 heteroatoms. The zero-order valence-corrected chi connectivity index (χ0v) is 31.6. The van der Waals surface area contributed by atoms with E-state index in [1.165, 1.54) is 12.1 Å². The molecule has 0 aliphatic carbocycles. The number of rotatable bonds is 5. The molecular formula is C52H34F3N3. The molecule has 8 aromatic carbocycles. The van der Waals surface area contributed by atoms with Crippen molar-refractivity contribution in [3.05, 3.63) is 192 Å². The number of benzene rings is 8. The zero-order chi connectivity index (χ0) is 39.7. The smallest absolute Gasteiger partial charge is 0.308 e. The van der Waals surface area contributed by atoms with Crippen molar-refractivity contribution in [2.24, 2.45) is 0 Å². The summed E-state index contributed by atoms with van der Waals surface area (Å²) >= 11 is 0. The summed E-state index contributed by atoms with van der Waals surface area (Å²) in [5, 5.41) is 15.3. The van der Waals surface area contributed by atoms with E-state index >= 15 is 0 Å². The van der Waals surface area contributed by atoms with Gasteiger partial charge in [-0.3, -0.25) is 0 Å². The lowest BCUT2D eigenvalue weighted by atomic mass is 9.95. The first-order valence-electron chi connectivity index (χ1n) is 19.1. The van der Waals surface area contributed by atoms with E-state index in [-0.39, 0.29) is 5.56 Å². The lowest BCUT2D eigenvalue weighted by molar-refractivity contribution is -0.137. The minimum Gasteiger partial charge on any atom is -0.308 e. The Bertz CT molecular complexity index is 3140. The van der Waals surface area contributed by atoms with Gasteiger partial charge in [-0.05, 0) is 101 Å². The van der Waals surface area contributed by atoms with E-state index in [0.717, 1.165) is 83.1 Å². The van der Waals surface area contributed by atoms with Crippen LogP contribution in [0.4, 0.5) is 13.2 Å². The zero-order valence-electron chi connectivity index (χ0n) is 31.6. The van der Waals surface area contributed by atoms with Crippen LogP contribution in [-0.4, -0.2) is 9.13 Å².